The molecule has 7 nitrogen and oxygen atoms in total. The number of urea groups is 1. The molecule has 0 aliphatic carbocycles. The van der Waals surface area contributed by atoms with Crippen molar-refractivity contribution in [1.82, 2.24) is 15.1 Å². The number of amides is 2. The predicted octanol–water partition coefficient (Wildman–Crippen LogP) is 1.70. The zero-order valence-electron chi connectivity index (χ0n) is 15.0. The van der Waals surface area contributed by atoms with Gasteiger partial charge < -0.3 is 20.1 Å². The number of aliphatic carboxylic acids is 1. The number of carboxylic acid groups (broad SMARTS) is 1. The first-order valence-electron chi connectivity index (χ1n) is 8.73. The number of halogens is 1. The Hall–Kier alpha value is -1.83. The van der Waals surface area contributed by atoms with Gasteiger partial charge in [-0.2, -0.15) is 0 Å². The number of benzene rings is 1. The summed E-state index contributed by atoms with van der Waals surface area (Å²) in [7, 11) is 1.73. The molecule has 1 heterocycles. The highest BCUT2D eigenvalue weighted by atomic mass is 35.5. The number of ether oxygens (including phenoxy) is 1. The van der Waals surface area contributed by atoms with E-state index in [1.165, 1.54) is 0 Å². The van der Waals surface area contributed by atoms with Gasteiger partial charge in [0, 0.05) is 31.2 Å². The molecule has 26 heavy (non-hydrogen) atoms. The summed E-state index contributed by atoms with van der Waals surface area (Å²) in [5.41, 5.74) is 1.15. The summed E-state index contributed by atoms with van der Waals surface area (Å²) in [4.78, 5) is 26.4. The number of likely N-dealkylation sites (N-methyl/N-ethyl adjacent to an activating group) is 1. The molecule has 1 saturated heterocycles. The summed E-state index contributed by atoms with van der Waals surface area (Å²) in [5, 5.41) is 12.5. The molecule has 0 radical (unpaired) electrons. The Morgan fingerprint density at radius 3 is 3.00 bits per heavy atom. The molecular formula is C18H26ClN3O4. The summed E-state index contributed by atoms with van der Waals surface area (Å²) in [6, 6.07) is 7.61. The zero-order chi connectivity index (χ0) is 18.9. The SMILES string of the molecule is CN(CC(=O)O)CC1CN(C(=O)NCCCc2cccc(Cl)c2)CCO1. The summed E-state index contributed by atoms with van der Waals surface area (Å²) < 4.78 is 5.64. The van der Waals surface area contributed by atoms with E-state index >= 15 is 0 Å². The minimum absolute atomic E-state index is 0.0461. The highest BCUT2D eigenvalue weighted by Crippen LogP contribution is 2.12. The minimum atomic E-state index is -0.877. The molecule has 1 aliphatic rings. The van der Waals surface area contributed by atoms with Crippen LogP contribution in [-0.2, 0) is 16.0 Å². The number of carbonyl (C=O) groups is 2. The van der Waals surface area contributed by atoms with Crippen molar-refractivity contribution in [2.75, 3.05) is 46.4 Å². The van der Waals surface area contributed by atoms with Crippen molar-refractivity contribution in [3.05, 3.63) is 34.9 Å². The maximum absolute atomic E-state index is 12.3. The van der Waals surface area contributed by atoms with Gasteiger partial charge in [-0.05, 0) is 37.6 Å². The van der Waals surface area contributed by atoms with Crippen LogP contribution in [-0.4, -0.2) is 79.4 Å². The molecule has 1 atom stereocenters. The predicted molar refractivity (Wildman–Crippen MR) is 99.6 cm³/mol. The molecule has 2 N–H and O–H groups in total. The lowest BCUT2D eigenvalue weighted by Gasteiger charge is -2.34. The van der Waals surface area contributed by atoms with Crippen molar-refractivity contribution < 1.29 is 19.4 Å². The van der Waals surface area contributed by atoms with Crippen LogP contribution in [0.3, 0.4) is 0 Å². The number of morpholine rings is 1. The summed E-state index contributed by atoms with van der Waals surface area (Å²) in [6.45, 7) is 2.48. The van der Waals surface area contributed by atoms with Crippen LogP contribution in [0.25, 0.3) is 0 Å². The number of carboxylic acids is 1. The normalized spacial score (nSPS) is 17.3. The Bertz CT molecular complexity index is 614. The van der Waals surface area contributed by atoms with E-state index in [2.05, 4.69) is 5.32 Å². The van der Waals surface area contributed by atoms with E-state index in [0.29, 0.717) is 32.8 Å². The number of hydrogen-bond donors (Lipinski definition) is 2. The molecule has 0 saturated carbocycles. The number of aryl methyl sites for hydroxylation is 1. The van der Waals surface area contributed by atoms with Crippen molar-refractivity contribution >= 4 is 23.6 Å². The van der Waals surface area contributed by atoms with Gasteiger partial charge in [-0.25, -0.2) is 4.79 Å². The molecule has 0 aromatic heterocycles. The summed E-state index contributed by atoms with van der Waals surface area (Å²) >= 11 is 5.96. The lowest BCUT2D eigenvalue weighted by Crippen LogP contribution is -2.52. The van der Waals surface area contributed by atoms with Gasteiger partial charge in [0.1, 0.15) is 0 Å². The molecule has 2 rings (SSSR count). The Balaban J connectivity index is 1.68. The van der Waals surface area contributed by atoms with Crippen LogP contribution >= 0.6 is 11.6 Å². The van der Waals surface area contributed by atoms with Crippen LogP contribution in [0.2, 0.25) is 5.02 Å². The van der Waals surface area contributed by atoms with Crippen LogP contribution in [0.5, 0.6) is 0 Å². The number of nitrogens with zero attached hydrogens (tertiary/aromatic N) is 2. The van der Waals surface area contributed by atoms with E-state index in [1.54, 1.807) is 16.8 Å². The summed E-state index contributed by atoms with van der Waals surface area (Å²) in [6.07, 6.45) is 1.51. The Kier molecular flexibility index (Phi) is 8.15. The standard InChI is InChI=1S/C18H26ClN3O4/c1-21(13-17(23)24)11-16-12-22(8-9-26-16)18(25)20-7-3-5-14-4-2-6-15(19)10-14/h2,4,6,10,16H,3,5,7-9,11-13H2,1H3,(H,20,25)(H,23,24). The molecular weight excluding hydrogens is 358 g/mol. The first-order chi connectivity index (χ1) is 12.4. The monoisotopic (exact) mass is 383 g/mol. The second-order valence-electron chi connectivity index (χ2n) is 6.49. The van der Waals surface area contributed by atoms with Gasteiger partial charge in [-0.3, -0.25) is 9.69 Å². The lowest BCUT2D eigenvalue weighted by molar-refractivity contribution is -0.138. The molecule has 1 aromatic rings. The third kappa shape index (κ3) is 7.19. The third-order valence-corrected chi connectivity index (χ3v) is 4.39. The molecule has 144 valence electrons. The number of carbonyl (C=O) groups excluding carboxylic acids is 1. The van der Waals surface area contributed by atoms with Gasteiger partial charge in [0.25, 0.3) is 0 Å². The maximum Gasteiger partial charge on any atom is 0.317 e. The van der Waals surface area contributed by atoms with Gasteiger partial charge in [-0.1, -0.05) is 23.7 Å². The van der Waals surface area contributed by atoms with Crippen LogP contribution in [0.1, 0.15) is 12.0 Å². The van der Waals surface area contributed by atoms with Gasteiger partial charge >= 0.3 is 12.0 Å². The van der Waals surface area contributed by atoms with Crippen molar-refractivity contribution in [3.8, 4) is 0 Å². The quantitative estimate of drug-likeness (QED) is 0.668. The fourth-order valence-corrected chi connectivity index (χ4v) is 3.16. The Morgan fingerprint density at radius 2 is 2.27 bits per heavy atom. The summed E-state index contributed by atoms with van der Waals surface area (Å²) in [5.74, 6) is -0.877. The molecule has 2 amide bonds. The fourth-order valence-electron chi connectivity index (χ4n) is 2.95. The fraction of sp³-hybridized carbons (Fsp3) is 0.556. The van der Waals surface area contributed by atoms with E-state index in [-0.39, 0.29) is 18.7 Å². The van der Waals surface area contributed by atoms with Crippen LogP contribution < -0.4 is 5.32 Å². The van der Waals surface area contributed by atoms with Gasteiger partial charge in [0.2, 0.25) is 0 Å². The van der Waals surface area contributed by atoms with Crippen LogP contribution in [0.4, 0.5) is 4.79 Å². The second kappa shape index (κ2) is 10.4. The van der Waals surface area contributed by atoms with Gasteiger partial charge in [0.15, 0.2) is 0 Å². The van der Waals surface area contributed by atoms with E-state index in [4.69, 9.17) is 21.4 Å². The molecule has 1 aliphatic heterocycles. The van der Waals surface area contributed by atoms with E-state index in [9.17, 15) is 9.59 Å². The second-order valence-corrected chi connectivity index (χ2v) is 6.93. The molecule has 0 bridgehead atoms. The highest BCUT2D eigenvalue weighted by molar-refractivity contribution is 6.30. The van der Waals surface area contributed by atoms with Crippen molar-refractivity contribution in [2.45, 2.75) is 18.9 Å². The number of rotatable bonds is 8. The smallest absolute Gasteiger partial charge is 0.317 e. The molecule has 8 heteroatoms. The van der Waals surface area contributed by atoms with Crippen LogP contribution in [0.15, 0.2) is 24.3 Å². The number of hydrogen-bond acceptors (Lipinski definition) is 4. The Morgan fingerprint density at radius 1 is 1.46 bits per heavy atom. The topological polar surface area (TPSA) is 82.1 Å². The van der Waals surface area contributed by atoms with E-state index < -0.39 is 5.97 Å². The lowest BCUT2D eigenvalue weighted by atomic mass is 10.1. The first-order valence-corrected chi connectivity index (χ1v) is 9.11. The highest BCUT2D eigenvalue weighted by Gasteiger charge is 2.25. The van der Waals surface area contributed by atoms with Gasteiger partial charge in [0.05, 0.1) is 19.3 Å². The maximum atomic E-state index is 12.3. The minimum Gasteiger partial charge on any atom is -0.480 e. The average molecular weight is 384 g/mol. The Labute approximate surface area is 158 Å². The number of nitrogens with one attached hydrogen (secondary N) is 1. The van der Waals surface area contributed by atoms with Gasteiger partial charge in [-0.15, -0.1) is 0 Å². The van der Waals surface area contributed by atoms with E-state index in [0.717, 1.165) is 23.4 Å². The third-order valence-electron chi connectivity index (χ3n) is 4.15. The molecule has 1 unspecified atom stereocenters. The van der Waals surface area contributed by atoms with Crippen molar-refractivity contribution in [2.24, 2.45) is 0 Å². The average Bonchev–Trinajstić information content (AvgIpc) is 2.58. The molecule has 0 spiro atoms. The van der Waals surface area contributed by atoms with Crippen molar-refractivity contribution in [1.29, 1.82) is 0 Å². The van der Waals surface area contributed by atoms with E-state index in [1.807, 2.05) is 24.3 Å². The molecule has 1 aromatic carbocycles. The zero-order valence-corrected chi connectivity index (χ0v) is 15.7. The van der Waals surface area contributed by atoms with Crippen molar-refractivity contribution in [3.63, 3.8) is 0 Å². The van der Waals surface area contributed by atoms with Crippen LogP contribution in [0, 0.1) is 0 Å². The molecule has 1 fully saturated rings. The largest absolute Gasteiger partial charge is 0.480 e. The first kappa shape index (κ1) is 20.5.